The Morgan fingerprint density at radius 2 is 2.00 bits per heavy atom. The first-order chi connectivity index (χ1) is 6.24. The lowest BCUT2D eigenvalue weighted by Gasteiger charge is -2.27. The van der Waals surface area contributed by atoms with Crippen molar-refractivity contribution in [1.82, 2.24) is 0 Å². The number of hydrogen-bond donors (Lipinski definition) is 0. The van der Waals surface area contributed by atoms with E-state index in [1.807, 2.05) is 6.92 Å². The van der Waals surface area contributed by atoms with Crippen LogP contribution < -0.4 is 0 Å². The van der Waals surface area contributed by atoms with Gasteiger partial charge in [-0.2, -0.15) is 0 Å². The van der Waals surface area contributed by atoms with E-state index in [4.69, 9.17) is 0 Å². The first kappa shape index (κ1) is 11.2. The Bertz CT molecular complexity index is 164. The van der Waals surface area contributed by atoms with Crippen molar-refractivity contribution in [2.45, 2.75) is 57.1 Å². The van der Waals surface area contributed by atoms with Crippen molar-refractivity contribution in [2.75, 3.05) is 0 Å². The highest BCUT2D eigenvalue weighted by molar-refractivity contribution is 7.79. The predicted molar refractivity (Wildman–Crippen MR) is 54.2 cm³/mol. The Labute approximate surface area is 83.4 Å². The molecule has 0 amide bonds. The Morgan fingerprint density at radius 1 is 1.38 bits per heavy atom. The topological polar surface area (TPSA) is 40.1 Å². The van der Waals surface area contributed by atoms with Crippen LogP contribution in [0.15, 0.2) is 0 Å². The Morgan fingerprint density at radius 3 is 2.46 bits per heavy atom. The molecule has 0 heterocycles. The lowest BCUT2D eigenvalue weighted by Crippen LogP contribution is -2.19. The van der Waals surface area contributed by atoms with Gasteiger partial charge in [-0.15, -0.1) is 0 Å². The lowest BCUT2D eigenvalue weighted by molar-refractivity contribution is 0.329. The highest BCUT2D eigenvalue weighted by atomic mass is 32.2. The van der Waals surface area contributed by atoms with Gasteiger partial charge in [0, 0.05) is 5.25 Å². The van der Waals surface area contributed by atoms with Crippen molar-refractivity contribution in [3.05, 3.63) is 0 Å². The molecule has 0 spiro atoms. The Kier molecular flexibility index (Phi) is 4.96. The fourth-order valence-electron chi connectivity index (χ4n) is 2.18. The van der Waals surface area contributed by atoms with Crippen LogP contribution in [0.1, 0.15) is 51.9 Å². The van der Waals surface area contributed by atoms with Gasteiger partial charge >= 0.3 is 0 Å². The maximum atomic E-state index is 10.8. The van der Waals surface area contributed by atoms with Crippen molar-refractivity contribution in [1.29, 1.82) is 0 Å². The van der Waals surface area contributed by atoms with E-state index in [2.05, 4.69) is 0 Å². The smallest absolute Gasteiger partial charge is 0.0215 e. The molecule has 3 heteroatoms. The molecule has 2 unspecified atom stereocenters. The maximum absolute atomic E-state index is 10.8. The molecular formula is C10H19O2S-. The second-order valence-corrected chi connectivity index (χ2v) is 5.22. The summed E-state index contributed by atoms with van der Waals surface area (Å²) in [4.78, 5) is 0. The zero-order chi connectivity index (χ0) is 9.68. The van der Waals surface area contributed by atoms with Crippen LogP contribution in [0.25, 0.3) is 0 Å². The van der Waals surface area contributed by atoms with Crippen LogP contribution in [0, 0.1) is 5.92 Å². The molecule has 0 bridgehead atoms. The fraction of sp³-hybridized carbons (Fsp3) is 1.00. The number of hydrogen-bond acceptors (Lipinski definition) is 2. The van der Waals surface area contributed by atoms with Gasteiger partial charge in [-0.05, 0) is 18.8 Å². The van der Waals surface area contributed by atoms with Crippen LogP contribution in [0.4, 0.5) is 0 Å². The predicted octanol–water partition coefficient (Wildman–Crippen LogP) is 2.61. The summed E-state index contributed by atoms with van der Waals surface area (Å²) in [5, 5.41) is -0.0944. The summed E-state index contributed by atoms with van der Waals surface area (Å²) in [6, 6.07) is 0. The third-order valence-corrected chi connectivity index (χ3v) is 4.12. The van der Waals surface area contributed by atoms with Gasteiger partial charge in [0.15, 0.2) is 0 Å². The van der Waals surface area contributed by atoms with Crippen LogP contribution in [-0.4, -0.2) is 14.0 Å². The second kappa shape index (κ2) is 5.76. The van der Waals surface area contributed by atoms with Crippen molar-refractivity contribution < 1.29 is 8.76 Å². The summed E-state index contributed by atoms with van der Waals surface area (Å²) in [6.45, 7) is 1.96. The van der Waals surface area contributed by atoms with Gasteiger partial charge in [-0.1, -0.05) is 50.1 Å². The van der Waals surface area contributed by atoms with Crippen LogP contribution >= 0.6 is 0 Å². The van der Waals surface area contributed by atoms with E-state index in [9.17, 15) is 8.76 Å². The molecule has 0 saturated heterocycles. The van der Waals surface area contributed by atoms with Gasteiger partial charge < -0.3 is 4.55 Å². The fourth-order valence-corrected chi connectivity index (χ4v) is 2.88. The van der Waals surface area contributed by atoms with E-state index in [1.165, 1.54) is 32.1 Å². The van der Waals surface area contributed by atoms with Crippen LogP contribution in [-0.2, 0) is 11.1 Å². The lowest BCUT2D eigenvalue weighted by atomic mass is 9.86. The molecule has 2 nitrogen and oxygen atoms in total. The highest BCUT2D eigenvalue weighted by Crippen LogP contribution is 2.28. The number of rotatable bonds is 4. The van der Waals surface area contributed by atoms with E-state index in [-0.39, 0.29) is 5.25 Å². The van der Waals surface area contributed by atoms with E-state index < -0.39 is 11.1 Å². The second-order valence-electron chi connectivity index (χ2n) is 4.03. The summed E-state index contributed by atoms with van der Waals surface area (Å²) >= 11 is -1.86. The van der Waals surface area contributed by atoms with Crippen molar-refractivity contribution in [2.24, 2.45) is 5.92 Å². The zero-order valence-corrected chi connectivity index (χ0v) is 9.15. The monoisotopic (exact) mass is 203 g/mol. The van der Waals surface area contributed by atoms with E-state index in [0.29, 0.717) is 5.92 Å². The minimum atomic E-state index is -1.86. The molecule has 0 aromatic heterocycles. The average Bonchev–Trinajstić information content (AvgIpc) is 2.15. The summed E-state index contributed by atoms with van der Waals surface area (Å²) < 4.78 is 21.6. The standard InChI is InChI=1S/C10H20O2S/c1-2-10(13(11)12)8-9-6-4-3-5-7-9/h9-10H,2-8H2,1H3,(H,11,12)/p-1. The summed E-state index contributed by atoms with van der Waals surface area (Å²) in [6.07, 6.45) is 8.09. The average molecular weight is 203 g/mol. The van der Waals surface area contributed by atoms with Crippen molar-refractivity contribution in [3.63, 3.8) is 0 Å². The van der Waals surface area contributed by atoms with Crippen molar-refractivity contribution >= 4 is 11.1 Å². The van der Waals surface area contributed by atoms with Gasteiger partial charge in [0.1, 0.15) is 0 Å². The molecule has 1 aliphatic rings. The third kappa shape index (κ3) is 3.77. The van der Waals surface area contributed by atoms with Gasteiger partial charge in [0.2, 0.25) is 0 Å². The molecule has 1 saturated carbocycles. The van der Waals surface area contributed by atoms with Gasteiger partial charge in [-0.25, -0.2) is 0 Å². The molecule has 0 aromatic rings. The Hall–Kier alpha value is 0.110. The molecule has 1 aliphatic carbocycles. The van der Waals surface area contributed by atoms with Crippen LogP contribution in [0.3, 0.4) is 0 Å². The minimum Gasteiger partial charge on any atom is -0.772 e. The molecule has 2 atom stereocenters. The van der Waals surface area contributed by atoms with Crippen LogP contribution in [0.2, 0.25) is 0 Å². The molecule has 78 valence electrons. The largest absolute Gasteiger partial charge is 0.772 e. The first-order valence-electron chi connectivity index (χ1n) is 5.32. The van der Waals surface area contributed by atoms with E-state index in [1.54, 1.807) is 0 Å². The molecule has 1 fully saturated rings. The van der Waals surface area contributed by atoms with Crippen molar-refractivity contribution in [3.8, 4) is 0 Å². The summed E-state index contributed by atoms with van der Waals surface area (Å²) in [5.41, 5.74) is 0. The first-order valence-corrected chi connectivity index (χ1v) is 6.46. The Balaban J connectivity index is 2.31. The summed E-state index contributed by atoms with van der Waals surface area (Å²) in [5.74, 6) is 0.677. The molecular weight excluding hydrogens is 184 g/mol. The minimum absolute atomic E-state index is 0.0944. The van der Waals surface area contributed by atoms with Gasteiger partial charge in [-0.3, -0.25) is 4.21 Å². The molecule has 13 heavy (non-hydrogen) atoms. The van der Waals surface area contributed by atoms with E-state index >= 15 is 0 Å². The van der Waals surface area contributed by atoms with Gasteiger partial charge in [0.25, 0.3) is 0 Å². The normalized spacial score (nSPS) is 24.2. The molecule has 1 rings (SSSR count). The van der Waals surface area contributed by atoms with Crippen LogP contribution in [0.5, 0.6) is 0 Å². The third-order valence-electron chi connectivity index (χ3n) is 3.05. The molecule has 0 aliphatic heterocycles. The molecule has 0 radical (unpaired) electrons. The highest BCUT2D eigenvalue weighted by Gasteiger charge is 2.18. The maximum Gasteiger partial charge on any atom is 0.0215 e. The quantitative estimate of drug-likeness (QED) is 0.659. The summed E-state index contributed by atoms with van der Waals surface area (Å²) in [7, 11) is 0. The van der Waals surface area contributed by atoms with Gasteiger partial charge in [0.05, 0.1) is 0 Å². The molecule has 0 N–H and O–H groups in total. The zero-order valence-electron chi connectivity index (χ0n) is 8.33. The SMILES string of the molecule is CCC(CC1CCCCC1)S(=O)[O-]. The molecule has 0 aromatic carbocycles. The van der Waals surface area contributed by atoms with E-state index in [0.717, 1.165) is 12.8 Å².